The first-order valence-corrected chi connectivity index (χ1v) is 6.88. The van der Waals surface area contributed by atoms with E-state index in [1.807, 2.05) is 0 Å². The fraction of sp³-hybridized carbons (Fsp3) is 0.923. The second kappa shape index (κ2) is 8.45. The molecule has 5 heteroatoms. The average Bonchev–Trinajstić information content (AvgIpc) is 2.33. The number of aliphatic hydroxyl groups is 1. The summed E-state index contributed by atoms with van der Waals surface area (Å²) in [5.74, 6) is 0.262. The Morgan fingerprint density at radius 1 is 1.50 bits per heavy atom. The first-order valence-electron chi connectivity index (χ1n) is 6.88. The van der Waals surface area contributed by atoms with E-state index in [1.54, 1.807) is 0 Å². The van der Waals surface area contributed by atoms with Gasteiger partial charge in [0.1, 0.15) is 0 Å². The van der Waals surface area contributed by atoms with Crippen molar-refractivity contribution in [1.29, 1.82) is 0 Å². The molecular formula is C13H26N2O3. The van der Waals surface area contributed by atoms with Crippen LogP contribution in [0.1, 0.15) is 39.0 Å². The van der Waals surface area contributed by atoms with E-state index in [1.165, 1.54) is 19.3 Å². The molecule has 4 N–H and O–H groups in total. The van der Waals surface area contributed by atoms with Gasteiger partial charge in [-0.15, -0.1) is 0 Å². The molecule has 0 heterocycles. The van der Waals surface area contributed by atoms with Crippen molar-refractivity contribution in [1.82, 2.24) is 5.32 Å². The SMILES string of the molecule is CC1CCCCC1OCC(O)CNCCC(N)=O. The van der Waals surface area contributed by atoms with E-state index in [4.69, 9.17) is 10.5 Å². The number of nitrogens with two attached hydrogens (primary N) is 1. The maximum absolute atomic E-state index is 10.5. The Morgan fingerprint density at radius 3 is 2.89 bits per heavy atom. The molecule has 106 valence electrons. The van der Waals surface area contributed by atoms with Crippen molar-refractivity contribution in [3.63, 3.8) is 0 Å². The van der Waals surface area contributed by atoms with Gasteiger partial charge >= 0.3 is 0 Å². The van der Waals surface area contributed by atoms with Crippen molar-refractivity contribution in [2.45, 2.75) is 51.2 Å². The topological polar surface area (TPSA) is 84.6 Å². The molecule has 0 aliphatic heterocycles. The van der Waals surface area contributed by atoms with Gasteiger partial charge < -0.3 is 20.9 Å². The van der Waals surface area contributed by atoms with E-state index in [0.29, 0.717) is 38.1 Å². The summed E-state index contributed by atoms with van der Waals surface area (Å²) in [7, 11) is 0. The Labute approximate surface area is 109 Å². The molecule has 0 aromatic heterocycles. The molecule has 1 fully saturated rings. The van der Waals surface area contributed by atoms with Crippen LogP contribution in [0.5, 0.6) is 0 Å². The maximum atomic E-state index is 10.5. The Hall–Kier alpha value is -0.650. The highest BCUT2D eigenvalue weighted by Gasteiger charge is 2.22. The zero-order valence-corrected chi connectivity index (χ0v) is 11.2. The lowest BCUT2D eigenvalue weighted by Gasteiger charge is -2.29. The minimum Gasteiger partial charge on any atom is -0.389 e. The molecule has 3 atom stereocenters. The third-order valence-electron chi connectivity index (χ3n) is 3.46. The number of primary amides is 1. The Bertz CT molecular complexity index is 248. The van der Waals surface area contributed by atoms with Crippen molar-refractivity contribution in [3.05, 3.63) is 0 Å². The van der Waals surface area contributed by atoms with Crippen LogP contribution >= 0.6 is 0 Å². The molecule has 0 saturated heterocycles. The first kappa shape index (κ1) is 15.4. The quantitative estimate of drug-likeness (QED) is 0.550. The number of rotatable bonds is 8. The Kier molecular flexibility index (Phi) is 7.23. The summed E-state index contributed by atoms with van der Waals surface area (Å²) < 4.78 is 5.75. The molecule has 1 aliphatic carbocycles. The van der Waals surface area contributed by atoms with Crippen LogP contribution in [0.3, 0.4) is 0 Å². The standard InChI is InChI=1S/C13H26N2O3/c1-10-4-2-3-5-12(10)18-9-11(16)8-15-7-6-13(14)17/h10-12,15-16H,2-9H2,1H3,(H2,14,17). The first-order chi connectivity index (χ1) is 8.59. The lowest BCUT2D eigenvalue weighted by Crippen LogP contribution is -2.35. The predicted octanol–water partition coefficient (Wildman–Crippen LogP) is 0.408. The van der Waals surface area contributed by atoms with Crippen LogP contribution in [0.15, 0.2) is 0 Å². The van der Waals surface area contributed by atoms with Gasteiger partial charge in [-0.2, -0.15) is 0 Å². The van der Waals surface area contributed by atoms with Gasteiger partial charge in [-0.05, 0) is 18.8 Å². The number of ether oxygens (including phenoxy) is 1. The molecule has 0 bridgehead atoms. The highest BCUT2D eigenvalue weighted by molar-refractivity contribution is 5.73. The fourth-order valence-corrected chi connectivity index (χ4v) is 2.30. The largest absolute Gasteiger partial charge is 0.389 e. The number of amides is 1. The van der Waals surface area contributed by atoms with E-state index in [2.05, 4.69) is 12.2 Å². The minimum atomic E-state index is -0.521. The van der Waals surface area contributed by atoms with E-state index in [0.717, 1.165) is 6.42 Å². The maximum Gasteiger partial charge on any atom is 0.218 e. The number of aliphatic hydroxyl groups excluding tert-OH is 1. The number of hydrogen-bond donors (Lipinski definition) is 3. The van der Waals surface area contributed by atoms with Crippen molar-refractivity contribution in [2.24, 2.45) is 11.7 Å². The normalized spacial score (nSPS) is 25.9. The van der Waals surface area contributed by atoms with E-state index in [9.17, 15) is 9.90 Å². The van der Waals surface area contributed by atoms with E-state index >= 15 is 0 Å². The summed E-state index contributed by atoms with van der Waals surface area (Å²) in [6.07, 6.45) is 4.90. The molecule has 3 unspecified atom stereocenters. The van der Waals surface area contributed by atoms with Crippen LogP contribution in [-0.2, 0) is 9.53 Å². The molecule has 1 aliphatic rings. The summed E-state index contributed by atoms with van der Waals surface area (Å²) in [5, 5.41) is 12.7. The van der Waals surface area contributed by atoms with Gasteiger partial charge in [-0.3, -0.25) is 4.79 Å². The fourth-order valence-electron chi connectivity index (χ4n) is 2.30. The molecule has 1 rings (SSSR count). The zero-order chi connectivity index (χ0) is 13.4. The van der Waals surface area contributed by atoms with Gasteiger partial charge in [0, 0.05) is 19.5 Å². The summed E-state index contributed by atoms with van der Waals surface area (Å²) in [6, 6.07) is 0. The molecule has 1 amide bonds. The molecule has 0 aromatic carbocycles. The Morgan fingerprint density at radius 2 is 2.22 bits per heavy atom. The third-order valence-corrected chi connectivity index (χ3v) is 3.46. The van der Waals surface area contributed by atoms with Crippen molar-refractivity contribution < 1.29 is 14.6 Å². The molecule has 0 spiro atoms. The summed E-state index contributed by atoms with van der Waals surface area (Å²) >= 11 is 0. The lowest BCUT2D eigenvalue weighted by molar-refractivity contribution is -0.117. The zero-order valence-electron chi connectivity index (χ0n) is 11.2. The number of hydrogen-bond acceptors (Lipinski definition) is 4. The summed E-state index contributed by atoms with van der Waals surface area (Å²) in [6.45, 7) is 3.51. The van der Waals surface area contributed by atoms with Crippen LogP contribution in [-0.4, -0.2) is 42.9 Å². The van der Waals surface area contributed by atoms with Crippen LogP contribution in [0.4, 0.5) is 0 Å². The minimum absolute atomic E-state index is 0.291. The van der Waals surface area contributed by atoms with Gasteiger partial charge in [0.2, 0.25) is 5.91 Å². The predicted molar refractivity (Wildman–Crippen MR) is 70.1 cm³/mol. The summed E-state index contributed by atoms with van der Waals surface area (Å²) in [4.78, 5) is 10.5. The number of nitrogens with one attached hydrogen (secondary N) is 1. The second-order valence-corrected chi connectivity index (χ2v) is 5.21. The number of carbonyl (C=O) groups excluding carboxylic acids is 1. The monoisotopic (exact) mass is 258 g/mol. The van der Waals surface area contributed by atoms with Gasteiger partial charge in [0.25, 0.3) is 0 Å². The van der Waals surface area contributed by atoms with Crippen molar-refractivity contribution in [3.8, 4) is 0 Å². The van der Waals surface area contributed by atoms with Crippen LogP contribution < -0.4 is 11.1 Å². The third kappa shape index (κ3) is 6.33. The van der Waals surface area contributed by atoms with Gasteiger partial charge in [-0.1, -0.05) is 19.8 Å². The van der Waals surface area contributed by atoms with Crippen LogP contribution in [0.25, 0.3) is 0 Å². The summed E-state index contributed by atoms with van der Waals surface area (Å²) in [5.41, 5.74) is 5.01. The van der Waals surface area contributed by atoms with Crippen LogP contribution in [0.2, 0.25) is 0 Å². The average molecular weight is 258 g/mol. The van der Waals surface area contributed by atoms with E-state index in [-0.39, 0.29) is 5.91 Å². The number of carbonyl (C=O) groups is 1. The van der Waals surface area contributed by atoms with Crippen LogP contribution in [0, 0.1) is 5.92 Å². The molecule has 5 nitrogen and oxygen atoms in total. The van der Waals surface area contributed by atoms with Gasteiger partial charge in [0.05, 0.1) is 18.8 Å². The van der Waals surface area contributed by atoms with Crippen molar-refractivity contribution >= 4 is 5.91 Å². The molecular weight excluding hydrogens is 232 g/mol. The molecule has 0 radical (unpaired) electrons. The molecule has 18 heavy (non-hydrogen) atoms. The van der Waals surface area contributed by atoms with Crippen molar-refractivity contribution in [2.75, 3.05) is 19.7 Å². The molecule has 1 saturated carbocycles. The van der Waals surface area contributed by atoms with Gasteiger partial charge in [-0.25, -0.2) is 0 Å². The smallest absolute Gasteiger partial charge is 0.218 e. The van der Waals surface area contributed by atoms with Gasteiger partial charge in [0.15, 0.2) is 0 Å². The highest BCUT2D eigenvalue weighted by Crippen LogP contribution is 2.26. The highest BCUT2D eigenvalue weighted by atomic mass is 16.5. The molecule has 0 aromatic rings. The second-order valence-electron chi connectivity index (χ2n) is 5.21. The van der Waals surface area contributed by atoms with E-state index < -0.39 is 6.10 Å². The Balaban J connectivity index is 2.05. The lowest BCUT2D eigenvalue weighted by atomic mass is 9.88.